The van der Waals surface area contributed by atoms with Gasteiger partial charge in [0, 0.05) is 65.1 Å². The third-order valence-electron chi connectivity index (χ3n) is 7.14. The number of hydrogen-bond donors (Lipinski definition) is 1. The third kappa shape index (κ3) is 8.27. The number of piperidine rings is 1. The van der Waals surface area contributed by atoms with Gasteiger partial charge in [0.25, 0.3) is 5.91 Å². The van der Waals surface area contributed by atoms with Crippen LogP contribution in [0.25, 0.3) is 11.0 Å². The van der Waals surface area contributed by atoms with Gasteiger partial charge in [0.15, 0.2) is 5.82 Å². The minimum atomic E-state index is -0.379. The Balaban J connectivity index is 0.00000267. The van der Waals surface area contributed by atoms with Crippen LogP contribution in [-0.2, 0) is 20.8 Å². The van der Waals surface area contributed by atoms with E-state index in [4.69, 9.17) is 9.47 Å². The van der Waals surface area contributed by atoms with Gasteiger partial charge >= 0.3 is 0 Å². The number of aromatic nitrogens is 2. The van der Waals surface area contributed by atoms with Crippen molar-refractivity contribution in [1.82, 2.24) is 24.7 Å². The van der Waals surface area contributed by atoms with Crippen molar-refractivity contribution in [2.45, 2.75) is 45.7 Å². The molecule has 2 atom stereocenters. The van der Waals surface area contributed by atoms with Gasteiger partial charge in [-0.25, -0.2) is 9.37 Å². The lowest BCUT2D eigenvalue weighted by Gasteiger charge is -2.40. The summed E-state index contributed by atoms with van der Waals surface area (Å²) >= 11 is 0. The summed E-state index contributed by atoms with van der Waals surface area (Å²) in [5.74, 6) is -0.0741. The van der Waals surface area contributed by atoms with Gasteiger partial charge in [-0.05, 0) is 37.3 Å². The van der Waals surface area contributed by atoms with E-state index in [1.807, 2.05) is 14.4 Å². The first-order chi connectivity index (χ1) is 17.9. The SMILES string of the molecule is COCCCCn1c(C(=O)N(CC(C)C)[C@@H]2CNC[C@H](C(=O)N3CCOCC3)C2)nc2cc(F)ccc21.Cl.Cl. The first-order valence-corrected chi connectivity index (χ1v) is 13.4. The van der Waals surface area contributed by atoms with Crippen LogP contribution >= 0.6 is 24.8 Å². The van der Waals surface area contributed by atoms with Crippen LogP contribution in [0.4, 0.5) is 4.39 Å². The maximum atomic E-state index is 14.1. The molecule has 0 bridgehead atoms. The maximum Gasteiger partial charge on any atom is 0.290 e. The second kappa shape index (κ2) is 15.7. The molecule has 0 spiro atoms. The van der Waals surface area contributed by atoms with E-state index in [0.29, 0.717) is 76.9 Å². The van der Waals surface area contributed by atoms with E-state index in [9.17, 15) is 14.0 Å². The number of methoxy groups -OCH3 is 1. The molecule has 0 aliphatic carbocycles. The standard InChI is InChI=1S/C27H40FN5O4.2ClH/c1-19(2)18-33(22-14-20(16-29-17-22)26(34)31-9-12-37-13-10-31)27(35)25-30-23-15-21(28)6-7-24(23)32(25)8-4-5-11-36-3;;/h6-7,15,19-20,22,29H,4-5,8-14,16-18H2,1-3H3;2*1H/t20-,22+;;/m1../s1. The molecular weight excluding hydrogens is 548 g/mol. The van der Waals surface area contributed by atoms with Crippen molar-refractivity contribution < 1.29 is 23.5 Å². The van der Waals surface area contributed by atoms with Gasteiger partial charge in [0.05, 0.1) is 30.2 Å². The molecule has 39 heavy (non-hydrogen) atoms. The number of amides is 2. The second-order valence-corrected chi connectivity index (χ2v) is 10.5. The van der Waals surface area contributed by atoms with Crippen molar-refractivity contribution in [2.24, 2.45) is 11.8 Å². The minimum absolute atomic E-state index is 0. The van der Waals surface area contributed by atoms with E-state index in [-0.39, 0.29) is 60.3 Å². The molecule has 3 heterocycles. The lowest BCUT2D eigenvalue weighted by atomic mass is 9.92. The fourth-order valence-electron chi connectivity index (χ4n) is 5.32. The van der Waals surface area contributed by atoms with E-state index in [0.717, 1.165) is 18.4 Å². The predicted octanol–water partition coefficient (Wildman–Crippen LogP) is 3.38. The van der Waals surface area contributed by atoms with E-state index >= 15 is 0 Å². The summed E-state index contributed by atoms with van der Waals surface area (Å²) in [6.45, 7) is 9.50. The van der Waals surface area contributed by atoms with E-state index in [1.165, 1.54) is 12.1 Å². The highest BCUT2D eigenvalue weighted by Crippen LogP contribution is 2.25. The molecule has 1 aromatic heterocycles. The van der Waals surface area contributed by atoms with Crippen LogP contribution in [0.2, 0.25) is 0 Å². The predicted molar refractivity (Wildman–Crippen MR) is 153 cm³/mol. The number of nitrogens with one attached hydrogen (secondary N) is 1. The molecule has 2 aliphatic rings. The fraction of sp³-hybridized carbons (Fsp3) is 0.667. The molecule has 2 amide bonds. The van der Waals surface area contributed by atoms with E-state index < -0.39 is 0 Å². The summed E-state index contributed by atoms with van der Waals surface area (Å²) < 4.78 is 26.5. The minimum Gasteiger partial charge on any atom is -0.385 e. The monoisotopic (exact) mass is 589 g/mol. The third-order valence-corrected chi connectivity index (χ3v) is 7.14. The molecule has 0 radical (unpaired) electrons. The Kier molecular flexibility index (Phi) is 13.4. The summed E-state index contributed by atoms with van der Waals surface area (Å²) in [6, 6.07) is 4.33. The first kappa shape index (κ1) is 33.2. The summed E-state index contributed by atoms with van der Waals surface area (Å²) in [4.78, 5) is 35.7. The molecule has 2 fully saturated rings. The number of ether oxygens (including phenoxy) is 2. The Morgan fingerprint density at radius 2 is 1.95 bits per heavy atom. The van der Waals surface area contributed by atoms with Gasteiger partial charge in [-0.15, -0.1) is 24.8 Å². The van der Waals surface area contributed by atoms with Gasteiger partial charge in [-0.1, -0.05) is 13.8 Å². The number of carbonyl (C=O) groups excluding carboxylic acids is 2. The van der Waals surface area contributed by atoms with Gasteiger partial charge < -0.3 is 29.2 Å². The number of halogens is 3. The van der Waals surface area contributed by atoms with Gasteiger partial charge in [0.1, 0.15) is 5.82 Å². The van der Waals surface area contributed by atoms with Crippen LogP contribution in [0, 0.1) is 17.7 Å². The molecule has 4 rings (SSSR count). The number of rotatable bonds is 10. The number of morpholine rings is 1. The number of imidazole rings is 1. The van der Waals surface area contributed by atoms with Gasteiger partial charge in [-0.2, -0.15) is 0 Å². The van der Waals surface area contributed by atoms with Crippen LogP contribution in [0.15, 0.2) is 18.2 Å². The zero-order valence-corrected chi connectivity index (χ0v) is 24.7. The Morgan fingerprint density at radius 1 is 1.21 bits per heavy atom. The zero-order chi connectivity index (χ0) is 26.4. The average molecular weight is 591 g/mol. The highest BCUT2D eigenvalue weighted by Gasteiger charge is 2.36. The lowest BCUT2D eigenvalue weighted by molar-refractivity contribution is -0.140. The number of aryl methyl sites for hydroxylation is 1. The number of nitrogens with zero attached hydrogens (tertiary/aromatic N) is 4. The molecule has 0 saturated carbocycles. The number of benzene rings is 1. The number of carbonyl (C=O) groups is 2. The maximum absolute atomic E-state index is 14.1. The Morgan fingerprint density at radius 3 is 2.64 bits per heavy atom. The summed E-state index contributed by atoms with van der Waals surface area (Å²) in [5.41, 5.74) is 1.22. The second-order valence-electron chi connectivity index (χ2n) is 10.5. The van der Waals surface area contributed by atoms with Crippen LogP contribution in [0.3, 0.4) is 0 Å². The first-order valence-electron chi connectivity index (χ1n) is 13.4. The molecule has 12 heteroatoms. The zero-order valence-electron chi connectivity index (χ0n) is 23.1. The molecule has 220 valence electrons. The van der Waals surface area contributed by atoms with E-state index in [2.05, 4.69) is 24.1 Å². The quantitative estimate of drug-likeness (QED) is 0.427. The van der Waals surface area contributed by atoms with Crippen molar-refractivity contribution in [3.8, 4) is 0 Å². The van der Waals surface area contributed by atoms with Crippen molar-refractivity contribution in [1.29, 1.82) is 0 Å². The van der Waals surface area contributed by atoms with E-state index in [1.54, 1.807) is 13.2 Å². The van der Waals surface area contributed by atoms with Crippen molar-refractivity contribution in [3.63, 3.8) is 0 Å². The number of unbranched alkanes of at least 4 members (excludes halogenated alkanes) is 1. The normalized spacial score (nSPS) is 19.5. The molecule has 2 saturated heterocycles. The largest absolute Gasteiger partial charge is 0.385 e. The van der Waals surface area contributed by atoms with Crippen molar-refractivity contribution in [3.05, 3.63) is 29.8 Å². The lowest BCUT2D eigenvalue weighted by Crippen LogP contribution is -2.56. The van der Waals surface area contributed by atoms with Crippen LogP contribution in [-0.4, -0.2) is 96.9 Å². The Bertz CT molecular complexity index is 1080. The van der Waals surface area contributed by atoms with Crippen LogP contribution < -0.4 is 5.32 Å². The Labute approximate surface area is 242 Å². The average Bonchev–Trinajstić information content (AvgIpc) is 3.26. The van der Waals surface area contributed by atoms with Crippen molar-refractivity contribution >= 4 is 47.7 Å². The summed E-state index contributed by atoms with van der Waals surface area (Å²) in [7, 11) is 1.67. The van der Waals surface area contributed by atoms with Crippen LogP contribution in [0.1, 0.15) is 43.7 Å². The molecule has 1 aromatic carbocycles. The van der Waals surface area contributed by atoms with Gasteiger partial charge in [0.2, 0.25) is 5.91 Å². The Hall–Kier alpha value is -1.98. The number of hydrogen-bond acceptors (Lipinski definition) is 6. The summed E-state index contributed by atoms with van der Waals surface area (Å²) in [6.07, 6.45) is 2.26. The smallest absolute Gasteiger partial charge is 0.290 e. The molecule has 2 aliphatic heterocycles. The summed E-state index contributed by atoms with van der Waals surface area (Å²) in [5, 5.41) is 3.40. The fourth-order valence-corrected chi connectivity index (χ4v) is 5.32. The molecule has 0 unspecified atom stereocenters. The molecular formula is C27H42Cl2FN5O4. The number of fused-ring (bicyclic) bond motifs is 1. The highest BCUT2D eigenvalue weighted by molar-refractivity contribution is 5.95. The van der Waals surface area contributed by atoms with Gasteiger partial charge in [-0.3, -0.25) is 9.59 Å². The molecule has 2 aromatic rings. The molecule has 1 N–H and O–H groups in total. The topological polar surface area (TPSA) is 88.9 Å². The van der Waals surface area contributed by atoms with Crippen molar-refractivity contribution in [2.75, 3.05) is 59.7 Å². The van der Waals surface area contributed by atoms with Crippen LogP contribution in [0.5, 0.6) is 0 Å². The molecule has 9 nitrogen and oxygen atoms in total. The highest BCUT2D eigenvalue weighted by atomic mass is 35.5.